The SMILES string of the molecule is Cn1nc(-c2csc(Cl)c2)c(F)c1N. The minimum Gasteiger partial charge on any atom is -0.381 e. The molecule has 0 bridgehead atoms. The minimum atomic E-state index is -0.498. The highest BCUT2D eigenvalue weighted by Gasteiger charge is 2.15. The molecular formula is C8H7ClFN3S. The molecule has 2 aromatic rings. The lowest BCUT2D eigenvalue weighted by atomic mass is 10.2. The summed E-state index contributed by atoms with van der Waals surface area (Å²) in [6, 6.07) is 1.66. The van der Waals surface area contributed by atoms with Gasteiger partial charge in [0.2, 0.25) is 0 Å². The number of hydrogen-bond acceptors (Lipinski definition) is 3. The second-order valence-corrected chi connectivity index (χ2v) is 4.35. The van der Waals surface area contributed by atoms with Crippen LogP contribution in [0.1, 0.15) is 0 Å². The first-order valence-corrected chi connectivity index (χ1v) is 5.07. The molecule has 3 nitrogen and oxygen atoms in total. The molecular weight excluding hydrogens is 225 g/mol. The van der Waals surface area contributed by atoms with Gasteiger partial charge >= 0.3 is 0 Å². The lowest BCUT2D eigenvalue weighted by Crippen LogP contribution is -1.97. The van der Waals surface area contributed by atoms with E-state index in [0.717, 1.165) is 0 Å². The van der Waals surface area contributed by atoms with Gasteiger partial charge in [0.05, 0.1) is 4.34 Å². The molecule has 2 heterocycles. The maximum Gasteiger partial charge on any atom is 0.192 e. The van der Waals surface area contributed by atoms with Gasteiger partial charge in [-0.25, -0.2) is 9.07 Å². The van der Waals surface area contributed by atoms with E-state index in [1.807, 2.05) is 0 Å². The van der Waals surface area contributed by atoms with Crippen LogP contribution in [-0.2, 0) is 7.05 Å². The summed E-state index contributed by atoms with van der Waals surface area (Å²) in [5.74, 6) is -0.468. The van der Waals surface area contributed by atoms with E-state index in [9.17, 15) is 4.39 Å². The normalized spacial score (nSPS) is 10.8. The zero-order valence-corrected chi connectivity index (χ0v) is 8.86. The summed E-state index contributed by atoms with van der Waals surface area (Å²) < 4.78 is 15.4. The lowest BCUT2D eigenvalue weighted by Gasteiger charge is -1.88. The number of rotatable bonds is 1. The van der Waals surface area contributed by atoms with E-state index < -0.39 is 5.82 Å². The third kappa shape index (κ3) is 1.38. The zero-order chi connectivity index (χ0) is 10.3. The van der Waals surface area contributed by atoms with Gasteiger partial charge in [-0.1, -0.05) is 11.6 Å². The first-order valence-electron chi connectivity index (χ1n) is 3.82. The monoisotopic (exact) mass is 231 g/mol. The third-order valence-electron chi connectivity index (χ3n) is 1.87. The predicted octanol–water partition coefficient (Wildman–Crippen LogP) is 2.52. The van der Waals surface area contributed by atoms with Crippen LogP contribution in [0.4, 0.5) is 10.2 Å². The fourth-order valence-corrected chi connectivity index (χ4v) is 2.00. The summed E-state index contributed by atoms with van der Waals surface area (Å²) in [4.78, 5) is 0. The summed E-state index contributed by atoms with van der Waals surface area (Å²) in [5.41, 5.74) is 6.34. The van der Waals surface area contributed by atoms with Crippen LogP contribution in [-0.4, -0.2) is 9.78 Å². The molecule has 14 heavy (non-hydrogen) atoms. The topological polar surface area (TPSA) is 43.8 Å². The van der Waals surface area contributed by atoms with Crippen molar-refractivity contribution in [2.24, 2.45) is 7.05 Å². The molecule has 2 N–H and O–H groups in total. The van der Waals surface area contributed by atoms with Gasteiger partial charge in [-0.3, -0.25) is 0 Å². The smallest absolute Gasteiger partial charge is 0.192 e. The maximum absolute atomic E-state index is 13.5. The number of aromatic nitrogens is 2. The summed E-state index contributed by atoms with van der Waals surface area (Å²) in [6.45, 7) is 0. The van der Waals surface area contributed by atoms with E-state index in [2.05, 4.69) is 5.10 Å². The zero-order valence-electron chi connectivity index (χ0n) is 7.29. The van der Waals surface area contributed by atoms with Gasteiger partial charge in [0.15, 0.2) is 11.6 Å². The van der Waals surface area contributed by atoms with E-state index >= 15 is 0 Å². The summed E-state index contributed by atoms with van der Waals surface area (Å²) >= 11 is 7.07. The molecule has 0 amide bonds. The van der Waals surface area contributed by atoms with Gasteiger partial charge in [0.25, 0.3) is 0 Å². The summed E-state index contributed by atoms with van der Waals surface area (Å²) in [5, 5.41) is 5.70. The van der Waals surface area contributed by atoms with Crippen molar-refractivity contribution in [3.63, 3.8) is 0 Å². The number of nitrogens with zero attached hydrogens (tertiary/aromatic N) is 2. The Labute approximate surface area is 88.9 Å². The molecule has 0 aliphatic rings. The van der Waals surface area contributed by atoms with Crippen LogP contribution in [0.3, 0.4) is 0 Å². The average molecular weight is 232 g/mol. The number of nitrogens with two attached hydrogens (primary N) is 1. The second kappa shape index (κ2) is 3.25. The Morgan fingerprint density at radius 2 is 2.36 bits per heavy atom. The molecule has 2 aromatic heterocycles. The molecule has 0 radical (unpaired) electrons. The van der Waals surface area contributed by atoms with Gasteiger partial charge in [0, 0.05) is 18.0 Å². The van der Waals surface area contributed by atoms with Gasteiger partial charge in [0.1, 0.15) is 5.69 Å². The molecule has 0 aromatic carbocycles. The van der Waals surface area contributed by atoms with Gasteiger partial charge < -0.3 is 5.73 Å². The fraction of sp³-hybridized carbons (Fsp3) is 0.125. The van der Waals surface area contributed by atoms with Crippen LogP contribution in [0.15, 0.2) is 11.4 Å². The number of hydrogen-bond donors (Lipinski definition) is 1. The van der Waals surface area contributed by atoms with Crippen molar-refractivity contribution in [2.75, 3.05) is 5.73 Å². The molecule has 0 saturated carbocycles. The van der Waals surface area contributed by atoms with Crippen molar-refractivity contribution >= 4 is 28.8 Å². The molecule has 0 aliphatic carbocycles. The largest absolute Gasteiger partial charge is 0.381 e. The van der Waals surface area contributed by atoms with Crippen LogP contribution < -0.4 is 5.73 Å². The third-order valence-corrected chi connectivity index (χ3v) is 2.96. The Morgan fingerprint density at radius 3 is 2.79 bits per heavy atom. The fourth-order valence-electron chi connectivity index (χ4n) is 1.13. The molecule has 0 fully saturated rings. The Morgan fingerprint density at radius 1 is 1.64 bits per heavy atom. The number of anilines is 1. The number of thiophene rings is 1. The van der Waals surface area contributed by atoms with Gasteiger partial charge in [-0.05, 0) is 6.07 Å². The standard InChI is InChI=1S/C8H7ClFN3S/c1-13-8(11)6(10)7(12-13)4-2-5(9)14-3-4/h2-3H,11H2,1H3. The Kier molecular flexibility index (Phi) is 2.20. The molecule has 0 aliphatic heterocycles. The molecule has 74 valence electrons. The molecule has 6 heteroatoms. The number of aryl methyl sites for hydroxylation is 1. The van der Waals surface area contributed by atoms with Crippen LogP contribution in [0.2, 0.25) is 4.34 Å². The van der Waals surface area contributed by atoms with E-state index in [4.69, 9.17) is 17.3 Å². The van der Waals surface area contributed by atoms with Crippen molar-refractivity contribution in [2.45, 2.75) is 0 Å². The van der Waals surface area contributed by atoms with Gasteiger partial charge in [-0.2, -0.15) is 5.10 Å². The minimum absolute atomic E-state index is 0.0299. The van der Waals surface area contributed by atoms with Crippen molar-refractivity contribution in [1.29, 1.82) is 0 Å². The van der Waals surface area contributed by atoms with Crippen LogP contribution >= 0.6 is 22.9 Å². The number of halogens is 2. The Bertz CT molecular complexity index is 477. The van der Waals surface area contributed by atoms with Crippen molar-refractivity contribution in [3.8, 4) is 11.3 Å². The van der Waals surface area contributed by atoms with Crippen LogP contribution in [0, 0.1) is 5.82 Å². The van der Waals surface area contributed by atoms with Crippen LogP contribution in [0.5, 0.6) is 0 Å². The van der Waals surface area contributed by atoms with Gasteiger partial charge in [-0.15, -0.1) is 11.3 Å². The predicted molar refractivity (Wildman–Crippen MR) is 55.9 cm³/mol. The second-order valence-electron chi connectivity index (χ2n) is 2.81. The highest BCUT2D eigenvalue weighted by Crippen LogP contribution is 2.30. The molecule has 0 unspecified atom stereocenters. The van der Waals surface area contributed by atoms with E-state index in [1.54, 1.807) is 18.5 Å². The van der Waals surface area contributed by atoms with E-state index in [0.29, 0.717) is 9.90 Å². The number of nitrogen functional groups attached to an aromatic ring is 1. The summed E-state index contributed by atoms with van der Waals surface area (Å²) in [6.07, 6.45) is 0. The quantitative estimate of drug-likeness (QED) is 0.820. The van der Waals surface area contributed by atoms with Crippen LogP contribution in [0.25, 0.3) is 11.3 Å². The highest BCUT2D eigenvalue weighted by atomic mass is 35.5. The molecule has 0 spiro atoms. The summed E-state index contributed by atoms with van der Waals surface area (Å²) in [7, 11) is 1.59. The molecule has 0 atom stereocenters. The van der Waals surface area contributed by atoms with Crippen molar-refractivity contribution in [3.05, 3.63) is 21.6 Å². The molecule has 2 rings (SSSR count). The maximum atomic E-state index is 13.5. The highest BCUT2D eigenvalue weighted by molar-refractivity contribution is 7.14. The first-order chi connectivity index (χ1) is 6.59. The Balaban J connectivity index is 2.57. The first kappa shape index (κ1) is 9.48. The van der Waals surface area contributed by atoms with E-state index in [1.165, 1.54) is 16.0 Å². The Hall–Kier alpha value is -1.07. The average Bonchev–Trinajstić information content (AvgIpc) is 2.66. The van der Waals surface area contributed by atoms with E-state index in [-0.39, 0.29) is 11.5 Å². The lowest BCUT2D eigenvalue weighted by molar-refractivity contribution is 0.634. The molecule has 0 saturated heterocycles. The van der Waals surface area contributed by atoms with Crippen molar-refractivity contribution < 1.29 is 4.39 Å². The van der Waals surface area contributed by atoms with Crippen molar-refractivity contribution in [1.82, 2.24) is 9.78 Å².